The highest BCUT2D eigenvalue weighted by molar-refractivity contribution is 9.10. The van der Waals surface area contributed by atoms with E-state index >= 15 is 0 Å². The van der Waals surface area contributed by atoms with E-state index in [1.807, 2.05) is 18.2 Å². The molecule has 2 rings (SSSR count). The third-order valence-electron chi connectivity index (χ3n) is 2.60. The summed E-state index contributed by atoms with van der Waals surface area (Å²) in [5.74, 6) is 0.493. The van der Waals surface area contributed by atoms with Crippen LogP contribution in [0.1, 0.15) is 11.1 Å². The van der Waals surface area contributed by atoms with Crippen molar-refractivity contribution in [3.05, 3.63) is 62.8 Å². The molecule has 1 nitrogen and oxygen atoms in total. The number of rotatable bonds is 4. The van der Waals surface area contributed by atoms with Gasteiger partial charge in [-0.3, -0.25) is 0 Å². The van der Waals surface area contributed by atoms with E-state index in [0.29, 0.717) is 17.2 Å². The lowest BCUT2D eigenvalue weighted by molar-refractivity contribution is 0.295. The van der Waals surface area contributed by atoms with Gasteiger partial charge in [0.2, 0.25) is 0 Å². The van der Waals surface area contributed by atoms with Gasteiger partial charge in [0.1, 0.15) is 18.2 Å². The fraction of sp³-hybridized carbons (Fsp3) is 0.143. The van der Waals surface area contributed by atoms with E-state index in [1.54, 1.807) is 12.1 Å². The fourth-order valence-electron chi connectivity index (χ4n) is 1.63. The van der Waals surface area contributed by atoms with Crippen molar-refractivity contribution in [1.29, 1.82) is 0 Å². The van der Waals surface area contributed by atoms with Crippen LogP contribution in [0.25, 0.3) is 0 Å². The van der Waals surface area contributed by atoms with E-state index < -0.39 is 5.82 Å². The SMILES string of the molecule is Fc1c(Cl)cccc1COc1c(Br)cccc1CCl. The molecule has 5 heteroatoms. The van der Waals surface area contributed by atoms with Crippen molar-refractivity contribution in [2.45, 2.75) is 12.5 Å². The summed E-state index contributed by atoms with van der Waals surface area (Å²) in [5, 5.41) is 0.0887. The van der Waals surface area contributed by atoms with Gasteiger partial charge in [-0.2, -0.15) is 0 Å². The second kappa shape index (κ2) is 6.60. The Morgan fingerprint density at radius 2 is 1.79 bits per heavy atom. The van der Waals surface area contributed by atoms with Gasteiger partial charge in [0, 0.05) is 11.1 Å². The number of benzene rings is 2. The van der Waals surface area contributed by atoms with Crippen molar-refractivity contribution in [2.75, 3.05) is 0 Å². The molecule has 0 atom stereocenters. The molecule has 0 saturated heterocycles. The van der Waals surface area contributed by atoms with E-state index in [4.69, 9.17) is 27.9 Å². The molecule has 0 spiro atoms. The molecule has 19 heavy (non-hydrogen) atoms. The molecular weight excluding hydrogens is 354 g/mol. The van der Waals surface area contributed by atoms with Crippen LogP contribution in [0.5, 0.6) is 5.75 Å². The maximum Gasteiger partial charge on any atom is 0.148 e. The van der Waals surface area contributed by atoms with Crippen LogP contribution in [-0.4, -0.2) is 0 Å². The van der Waals surface area contributed by atoms with Crippen molar-refractivity contribution < 1.29 is 9.13 Å². The van der Waals surface area contributed by atoms with Crippen molar-refractivity contribution in [2.24, 2.45) is 0 Å². The Balaban J connectivity index is 2.21. The summed E-state index contributed by atoms with van der Waals surface area (Å²) in [6, 6.07) is 10.4. The molecule has 0 N–H and O–H groups in total. The zero-order chi connectivity index (χ0) is 13.8. The van der Waals surface area contributed by atoms with Gasteiger partial charge in [-0.15, -0.1) is 11.6 Å². The average Bonchev–Trinajstić information content (AvgIpc) is 2.41. The smallest absolute Gasteiger partial charge is 0.148 e. The topological polar surface area (TPSA) is 9.23 Å². The lowest BCUT2D eigenvalue weighted by Crippen LogP contribution is -2.01. The third-order valence-corrected chi connectivity index (χ3v) is 3.80. The number of hydrogen-bond acceptors (Lipinski definition) is 1. The quantitative estimate of drug-likeness (QED) is 0.646. The van der Waals surface area contributed by atoms with Crippen LogP contribution in [-0.2, 0) is 12.5 Å². The number of halogens is 4. The van der Waals surface area contributed by atoms with Crippen LogP contribution < -0.4 is 4.74 Å². The molecule has 0 saturated carbocycles. The summed E-state index contributed by atoms with van der Waals surface area (Å²) in [6.07, 6.45) is 0. The maximum atomic E-state index is 13.7. The zero-order valence-electron chi connectivity index (χ0n) is 9.80. The Bertz CT molecular complexity index is 590. The number of hydrogen-bond donors (Lipinski definition) is 0. The van der Waals surface area contributed by atoms with Crippen LogP contribution >= 0.6 is 39.1 Å². The first-order chi connectivity index (χ1) is 9.13. The second-order valence-corrected chi connectivity index (χ2v) is 5.39. The van der Waals surface area contributed by atoms with Gasteiger partial charge in [-0.1, -0.05) is 35.9 Å². The van der Waals surface area contributed by atoms with Crippen LogP contribution in [0, 0.1) is 5.82 Å². The van der Waals surface area contributed by atoms with Crippen molar-refractivity contribution in [1.82, 2.24) is 0 Å². The molecule has 0 amide bonds. The molecule has 0 heterocycles. The van der Waals surface area contributed by atoms with E-state index in [-0.39, 0.29) is 11.6 Å². The minimum absolute atomic E-state index is 0.0887. The van der Waals surface area contributed by atoms with E-state index in [2.05, 4.69) is 15.9 Å². The molecule has 0 aromatic heterocycles. The van der Waals surface area contributed by atoms with Crippen LogP contribution in [0.15, 0.2) is 40.9 Å². The molecule has 2 aromatic rings. The average molecular weight is 364 g/mol. The predicted molar refractivity (Wildman–Crippen MR) is 79.4 cm³/mol. The van der Waals surface area contributed by atoms with Crippen LogP contribution in [0.4, 0.5) is 4.39 Å². The van der Waals surface area contributed by atoms with Gasteiger partial charge >= 0.3 is 0 Å². The van der Waals surface area contributed by atoms with Crippen molar-refractivity contribution in [3.63, 3.8) is 0 Å². The van der Waals surface area contributed by atoms with E-state index in [0.717, 1.165) is 10.0 Å². The van der Waals surface area contributed by atoms with Crippen LogP contribution in [0.3, 0.4) is 0 Å². The lowest BCUT2D eigenvalue weighted by atomic mass is 10.2. The summed E-state index contributed by atoms with van der Waals surface area (Å²) >= 11 is 15.0. The number of alkyl halides is 1. The van der Waals surface area contributed by atoms with Gasteiger partial charge in [-0.25, -0.2) is 4.39 Å². The normalized spacial score (nSPS) is 10.5. The Kier molecular flexibility index (Phi) is 5.08. The summed E-state index contributed by atoms with van der Waals surface area (Å²) in [7, 11) is 0. The standard InChI is InChI=1S/C14H10BrCl2FO/c15-11-5-1-3-9(7-16)14(11)19-8-10-4-2-6-12(17)13(10)18/h1-6H,7-8H2. The summed E-state index contributed by atoms with van der Waals surface area (Å²) in [6.45, 7) is 0.0961. The third kappa shape index (κ3) is 3.41. The van der Waals surface area contributed by atoms with E-state index in [1.165, 1.54) is 6.07 Å². The van der Waals surface area contributed by atoms with Crippen molar-refractivity contribution in [3.8, 4) is 5.75 Å². The Morgan fingerprint density at radius 1 is 1.11 bits per heavy atom. The molecule has 0 fully saturated rings. The fourth-order valence-corrected chi connectivity index (χ4v) is 2.56. The first-order valence-electron chi connectivity index (χ1n) is 5.52. The molecule has 0 unspecified atom stereocenters. The monoisotopic (exact) mass is 362 g/mol. The largest absolute Gasteiger partial charge is 0.487 e. The van der Waals surface area contributed by atoms with Crippen LogP contribution in [0.2, 0.25) is 5.02 Å². The minimum atomic E-state index is -0.455. The van der Waals surface area contributed by atoms with Gasteiger partial charge in [0.05, 0.1) is 15.4 Å². The Hall–Kier alpha value is -0.770. The number of para-hydroxylation sites is 1. The molecule has 0 radical (unpaired) electrons. The predicted octanol–water partition coefficient (Wildman–Crippen LogP) is 5.56. The molecule has 0 bridgehead atoms. The first-order valence-corrected chi connectivity index (χ1v) is 7.23. The highest BCUT2D eigenvalue weighted by Crippen LogP contribution is 2.31. The lowest BCUT2D eigenvalue weighted by Gasteiger charge is -2.12. The first kappa shape index (κ1) is 14.6. The number of ether oxygens (including phenoxy) is 1. The zero-order valence-corrected chi connectivity index (χ0v) is 12.9. The Labute approximate surface area is 129 Å². The van der Waals surface area contributed by atoms with Gasteiger partial charge in [0.25, 0.3) is 0 Å². The second-order valence-electron chi connectivity index (χ2n) is 3.86. The summed E-state index contributed by atoms with van der Waals surface area (Å²) in [5.41, 5.74) is 1.25. The molecule has 0 aliphatic heterocycles. The highest BCUT2D eigenvalue weighted by atomic mass is 79.9. The van der Waals surface area contributed by atoms with Crippen molar-refractivity contribution >= 4 is 39.1 Å². The molecule has 0 aliphatic rings. The van der Waals surface area contributed by atoms with Gasteiger partial charge in [-0.05, 0) is 28.1 Å². The van der Waals surface area contributed by atoms with E-state index in [9.17, 15) is 4.39 Å². The minimum Gasteiger partial charge on any atom is -0.487 e. The highest BCUT2D eigenvalue weighted by Gasteiger charge is 2.10. The summed E-state index contributed by atoms with van der Waals surface area (Å²) in [4.78, 5) is 0. The maximum absolute atomic E-state index is 13.7. The molecule has 100 valence electrons. The molecular formula is C14H10BrCl2FO. The summed E-state index contributed by atoms with van der Waals surface area (Å²) < 4.78 is 20.2. The van der Waals surface area contributed by atoms with Gasteiger partial charge in [0.15, 0.2) is 0 Å². The Morgan fingerprint density at radius 3 is 2.53 bits per heavy atom. The molecule has 2 aromatic carbocycles. The molecule has 0 aliphatic carbocycles. The van der Waals surface area contributed by atoms with Gasteiger partial charge < -0.3 is 4.74 Å².